The van der Waals surface area contributed by atoms with E-state index >= 15 is 0 Å². The van der Waals surface area contributed by atoms with Gasteiger partial charge in [-0.2, -0.15) is 13.2 Å². The first-order valence-electron chi connectivity index (χ1n) is 5.53. The maximum Gasteiger partial charge on any atom is 0.416 e. The molecule has 0 saturated carbocycles. The van der Waals surface area contributed by atoms with Gasteiger partial charge in [-0.05, 0) is 18.2 Å². The maximum atomic E-state index is 13.5. The molecule has 1 heterocycles. The highest BCUT2D eigenvalue weighted by molar-refractivity contribution is 5.58. The number of halogens is 4. The van der Waals surface area contributed by atoms with Crippen molar-refractivity contribution in [2.75, 3.05) is 17.7 Å². The quantitative estimate of drug-likeness (QED) is 0.849. The number of rotatable bonds is 3. The third kappa shape index (κ3) is 3.14. The van der Waals surface area contributed by atoms with Crippen molar-refractivity contribution in [2.45, 2.75) is 6.18 Å². The fourth-order valence-electron chi connectivity index (χ4n) is 1.48. The first-order valence-corrected chi connectivity index (χ1v) is 5.53. The van der Waals surface area contributed by atoms with Crippen LogP contribution in [0.5, 0.6) is 0 Å². The number of nitrogens with one attached hydrogen (secondary N) is 2. The number of hydrogen-bond donors (Lipinski definition) is 2. The minimum Gasteiger partial charge on any atom is -0.372 e. The second kappa shape index (κ2) is 5.32. The summed E-state index contributed by atoms with van der Waals surface area (Å²) >= 11 is 0. The second-order valence-electron chi connectivity index (χ2n) is 3.86. The molecule has 0 radical (unpaired) electrons. The summed E-state index contributed by atoms with van der Waals surface area (Å²) in [7, 11) is 1.61. The van der Waals surface area contributed by atoms with Crippen LogP contribution in [0.1, 0.15) is 5.56 Å². The molecule has 2 aromatic rings. The first kappa shape index (κ1) is 14.0. The SMILES string of the molecule is CNc1cncc(Nc2cc(C(F)(F)F)ccc2F)n1. The molecule has 4 nitrogen and oxygen atoms in total. The van der Waals surface area contributed by atoms with E-state index < -0.39 is 17.6 Å². The topological polar surface area (TPSA) is 49.8 Å². The highest BCUT2D eigenvalue weighted by atomic mass is 19.4. The minimum atomic E-state index is -4.54. The summed E-state index contributed by atoms with van der Waals surface area (Å²) in [4.78, 5) is 7.81. The Hall–Kier alpha value is -2.38. The summed E-state index contributed by atoms with van der Waals surface area (Å²) in [6.07, 6.45) is -1.84. The van der Waals surface area contributed by atoms with Gasteiger partial charge in [0.25, 0.3) is 0 Å². The first-order chi connectivity index (χ1) is 9.40. The predicted octanol–water partition coefficient (Wildman–Crippen LogP) is 3.42. The van der Waals surface area contributed by atoms with Crippen LogP contribution in [0.2, 0.25) is 0 Å². The van der Waals surface area contributed by atoms with Crippen molar-refractivity contribution in [3.8, 4) is 0 Å². The standard InChI is InChI=1S/C12H10F4N4/c1-17-10-5-18-6-11(20-10)19-9-4-7(12(14,15)16)2-3-8(9)13/h2-6H,1H3,(H2,17,19,20). The molecular formula is C12H10F4N4. The zero-order valence-corrected chi connectivity index (χ0v) is 10.3. The van der Waals surface area contributed by atoms with Crippen LogP contribution in [0.4, 0.5) is 34.9 Å². The number of alkyl halides is 3. The second-order valence-corrected chi connectivity index (χ2v) is 3.86. The normalized spacial score (nSPS) is 11.2. The number of benzene rings is 1. The molecule has 0 saturated heterocycles. The minimum absolute atomic E-state index is 0.134. The molecule has 0 aliphatic rings. The van der Waals surface area contributed by atoms with E-state index in [1.54, 1.807) is 7.05 Å². The zero-order valence-electron chi connectivity index (χ0n) is 10.3. The van der Waals surface area contributed by atoms with E-state index in [1.807, 2.05) is 0 Å². The molecule has 0 amide bonds. The lowest BCUT2D eigenvalue weighted by molar-refractivity contribution is -0.137. The Morgan fingerprint density at radius 1 is 1.10 bits per heavy atom. The molecule has 20 heavy (non-hydrogen) atoms. The van der Waals surface area contributed by atoms with Gasteiger partial charge in [0.1, 0.15) is 11.6 Å². The number of nitrogens with zero attached hydrogens (tertiary/aromatic N) is 2. The van der Waals surface area contributed by atoms with Gasteiger partial charge >= 0.3 is 6.18 Å². The van der Waals surface area contributed by atoms with Gasteiger partial charge < -0.3 is 10.6 Å². The summed E-state index contributed by atoms with van der Waals surface area (Å²) in [5.74, 6) is -0.271. The van der Waals surface area contributed by atoms with Crippen LogP contribution in [0.25, 0.3) is 0 Å². The van der Waals surface area contributed by atoms with Crippen LogP contribution in [0.3, 0.4) is 0 Å². The van der Waals surface area contributed by atoms with Gasteiger partial charge in [-0.15, -0.1) is 0 Å². The van der Waals surface area contributed by atoms with E-state index in [9.17, 15) is 17.6 Å². The average Bonchev–Trinajstić information content (AvgIpc) is 2.40. The largest absolute Gasteiger partial charge is 0.416 e. The van der Waals surface area contributed by atoms with Crippen molar-refractivity contribution in [1.29, 1.82) is 0 Å². The third-order valence-electron chi connectivity index (χ3n) is 2.45. The molecule has 0 atom stereocenters. The van der Waals surface area contributed by atoms with E-state index in [4.69, 9.17) is 0 Å². The lowest BCUT2D eigenvalue weighted by atomic mass is 10.2. The van der Waals surface area contributed by atoms with Crippen molar-refractivity contribution < 1.29 is 17.6 Å². The Bertz CT molecular complexity index is 613. The lowest BCUT2D eigenvalue weighted by Gasteiger charge is -2.11. The van der Waals surface area contributed by atoms with Crippen molar-refractivity contribution in [1.82, 2.24) is 9.97 Å². The number of anilines is 3. The van der Waals surface area contributed by atoms with Gasteiger partial charge in [-0.1, -0.05) is 0 Å². The highest BCUT2D eigenvalue weighted by Gasteiger charge is 2.31. The smallest absolute Gasteiger partial charge is 0.372 e. The van der Waals surface area contributed by atoms with Gasteiger partial charge in [-0.25, -0.2) is 9.37 Å². The molecule has 0 spiro atoms. The van der Waals surface area contributed by atoms with Crippen LogP contribution in [0, 0.1) is 5.82 Å². The molecule has 0 fully saturated rings. The van der Waals surface area contributed by atoms with E-state index in [1.165, 1.54) is 12.4 Å². The summed E-state index contributed by atoms with van der Waals surface area (Å²) in [6.45, 7) is 0. The van der Waals surface area contributed by atoms with Crippen LogP contribution in [-0.2, 0) is 6.18 Å². The predicted molar refractivity (Wildman–Crippen MR) is 66.3 cm³/mol. The molecule has 106 valence electrons. The molecule has 0 aliphatic carbocycles. The van der Waals surface area contributed by atoms with E-state index in [2.05, 4.69) is 20.6 Å². The van der Waals surface area contributed by atoms with Crippen LogP contribution in [0.15, 0.2) is 30.6 Å². The van der Waals surface area contributed by atoms with E-state index in [-0.39, 0.29) is 11.5 Å². The highest BCUT2D eigenvalue weighted by Crippen LogP contribution is 2.32. The Morgan fingerprint density at radius 2 is 1.80 bits per heavy atom. The molecule has 0 bridgehead atoms. The molecule has 0 aliphatic heterocycles. The zero-order chi connectivity index (χ0) is 14.8. The lowest BCUT2D eigenvalue weighted by Crippen LogP contribution is -2.07. The Balaban J connectivity index is 2.32. The van der Waals surface area contributed by atoms with Gasteiger partial charge in [-0.3, -0.25) is 4.98 Å². The van der Waals surface area contributed by atoms with Crippen molar-refractivity contribution in [3.63, 3.8) is 0 Å². The van der Waals surface area contributed by atoms with Crippen LogP contribution < -0.4 is 10.6 Å². The monoisotopic (exact) mass is 286 g/mol. The fraction of sp³-hybridized carbons (Fsp3) is 0.167. The Morgan fingerprint density at radius 3 is 2.45 bits per heavy atom. The van der Waals surface area contributed by atoms with Gasteiger partial charge in [0.15, 0.2) is 5.82 Å². The van der Waals surface area contributed by atoms with Gasteiger partial charge in [0, 0.05) is 7.05 Å². The molecule has 1 aromatic carbocycles. The van der Waals surface area contributed by atoms with Crippen molar-refractivity contribution in [2.24, 2.45) is 0 Å². The van der Waals surface area contributed by atoms with E-state index in [0.717, 1.165) is 6.07 Å². The molecule has 2 N–H and O–H groups in total. The number of hydrogen-bond acceptors (Lipinski definition) is 4. The molecule has 1 aromatic heterocycles. The van der Waals surface area contributed by atoms with Crippen molar-refractivity contribution >= 4 is 17.3 Å². The molecule has 0 unspecified atom stereocenters. The maximum absolute atomic E-state index is 13.5. The fourth-order valence-corrected chi connectivity index (χ4v) is 1.48. The van der Waals surface area contributed by atoms with E-state index in [0.29, 0.717) is 18.0 Å². The molecular weight excluding hydrogens is 276 g/mol. The molecule has 2 rings (SSSR count). The Kier molecular flexibility index (Phi) is 3.73. The van der Waals surface area contributed by atoms with Crippen LogP contribution >= 0.6 is 0 Å². The number of aromatic nitrogens is 2. The van der Waals surface area contributed by atoms with Gasteiger partial charge in [0.2, 0.25) is 0 Å². The van der Waals surface area contributed by atoms with Gasteiger partial charge in [0.05, 0.1) is 23.6 Å². The summed E-state index contributed by atoms with van der Waals surface area (Å²) in [5, 5.41) is 5.19. The van der Waals surface area contributed by atoms with Crippen molar-refractivity contribution in [3.05, 3.63) is 42.0 Å². The summed E-state index contributed by atoms with van der Waals surface area (Å²) in [6, 6.07) is 2.11. The Labute approximate surface area is 111 Å². The van der Waals surface area contributed by atoms with Crippen LogP contribution in [-0.4, -0.2) is 17.0 Å². The summed E-state index contributed by atoms with van der Waals surface area (Å²) in [5.41, 5.74) is -1.26. The average molecular weight is 286 g/mol. The third-order valence-corrected chi connectivity index (χ3v) is 2.45. The summed E-state index contributed by atoms with van der Waals surface area (Å²) < 4.78 is 51.2. The molecule has 8 heteroatoms.